The summed E-state index contributed by atoms with van der Waals surface area (Å²) >= 11 is 0. The van der Waals surface area contributed by atoms with E-state index in [1.54, 1.807) is 19.3 Å². The van der Waals surface area contributed by atoms with Gasteiger partial charge in [-0.05, 0) is 50.8 Å². The Morgan fingerprint density at radius 1 is 1.19 bits per heavy atom. The second-order valence-electron chi connectivity index (χ2n) is 5.25. The predicted molar refractivity (Wildman–Crippen MR) is 82.5 cm³/mol. The van der Waals surface area contributed by atoms with Crippen molar-refractivity contribution in [3.8, 4) is 11.5 Å². The van der Waals surface area contributed by atoms with Crippen LogP contribution in [0.3, 0.4) is 0 Å². The number of Topliss-reactive ketones (excluding diaryl/α,β-unsaturated/α-hetero) is 1. The van der Waals surface area contributed by atoms with Gasteiger partial charge in [-0.1, -0.05) is 12.1 Å². The highest BCUT2D eigenvalue weighted by Crippen LogP contribution is 2.26. The van der Waals surface area contributed by atoms with E-state index in [9.17, 15) is 4.79 Å². The maximum absolute atomic E-state index is 11.4. The Morgan fingerprint density at radius 2 is 1.90 bits per heavy atom. The third-order valence-electron chi connectivity index (χ3n) is 3.24. The van der Waals surface area contributed by atoms with E-state index in [0.717, 1.165) is 11.3 Å². The van der Waals surface area contributed by atoms with E-state index < -0.39 is 0 Å². The first kappa shape index (κ1) is 15.2. The van der Waals surface area contributed by atoms with Crippen LogP contribution in [0.5, 0.6) is 11.5 Å². The van der Waals surface area contributed by atoms with Gasteiger partial charge in [0.1, 0.15) is 17.3 Å². The summed E-state index contributed by atoms with van der Waals surface area (Å²) in [6.07, 6.45) is 3.89. The molecular weight excluding hydrogens is 264 g/mol. The number of ether oxygens (including phenoxy) is 1. The zero-order valence-corrected chi connectivity index (χ0v) is 12.6. The van der Waals surface area contributed by atoms with Gasteiger partial charge in [-0.25, -0.2) is 0 Å². The highest BCUT2D eigenvalue weighted by Gasteiger charge is 2.16. The third kappa shape index (κ3) is 4.39. The number of nitrogens with zero attached hydrogens (tertiary/aromatic N) is 2. The minimum Gasteiger partial charge on any atom is -0.456 e. The normalized spacial score (nSPS) is 12.2. The van der Waals surface area contributed by atoms with Gasteiger partial charge in [0.25, 0.3) is 0 Å². The van der Waals surface area contributed by atoms with Crippen LogP contribution in [0.2, 0.25) is 0 Å². The van der Waals surface area contributed by atoms with Crippen LogP contribution in [0.15, 0.2) is 48.8 Å². The Balaban J connectivity index is 2.12. The quantitative estimate of drug-likeness (QED) is 0.814. The minimum absolute atomic E-state index is 0.0925. The van der Waals surface area contributed by atoms with Gasteiger partial charge in [-0.15, -0.1) is 0 Å². The lowest BCUT2D eigenvalue weighted by atomic mass is 10.0. The van der Waals surface area contributed by atoms with E-state index in [0.29, 0.717) is 12.2 Å². The summed E-state index contributed by atoms with van der Waals surface area (Å²) in [5.74, 6) is 1.65. The number of rotatable bonds is 6. The number of pyridine rings is 1. The fraction of sp³-hybridized carbons (Fsp3) is 0.294. The van der Waals surface area contributed by atoms with Gasteiger partial charge in [0.15, 0.2) is 0 Å². The molecule has 4 heteroatoms. The summed E-state index contributed by atoms with van der Waals surface area (Å²) in [7, 11) is 3.96. The highest BCUT2D eigenvalue weighted by molar-refractivity contribution is 5.76. The van der Waals surface area contributed by atoms with E-state index in [1.165, 1.54) is 0 Å². The Bertz CT molecular complexity index is 579. The fourth-order valence-electron chi connectivity index (χ4n) is 2.17. The summed E-state index contributed by atoms with van der Waals surface area (Å²) in [6.45, 7) is 1.62. The van der Waals surface area contributed by atoms with Crippen LogP contribution < -0.4 is 4.74 Å². The Morgan fingerprint density at radius 3 is 2.43 bits per heavy atom. The van der Waals surface area contributed by atoms with Gasteiger partial charge >= 0.3 is 0 Å². The first-order valence-corrected chi connectivity index (χ1v) is 6.90. The lowest BCUT2D eigenvalue weighted by molar-refractivity contribution is -0.118. The molecule has 0 saturated carbocycles. The summed E-state index contributed by atoms with van der Waals surface area (Å²) in [5, 5.41) is 0. The van der Waals surface area contributed by atoms with Crippen molar-refractivity contribution in [1.82, 2.24) is 9.88 Å². The molecule has 0 fully saturated rings. The molecule has 0 bridgehead atoms. The van der Waals surface area contributed by atoms with Crippen molar-refractivity contribution in [2.75, 3.05) is 14.1 Å². The third-order valence-corrected chi connectivity index (χ3v) is 3.24. The molecule has 0 aliphatic carbocycles. The number of ketones is 1. The van der Waals surface area contributed by atoms with E-state index >= 15 is 0 Å². The second-order valence-corrected chi connectivity index (χ2v) is 5.25. The number of hydrogen-bond donors (Lipinski definition) is 0. The lowest BCUT2D eigenvalue weighted by Crippen LogP contribution is -2.22. The van der Waals surface area contributed by atoms with Crippen molar-refractivity contribution >= 4 is 5.78 Å². The molecule has 21 heavy (non-hydrogen) atoms. The SMILES string of the molecule is CC(=O)CC(c1ccc(Oc2cccnc2)cc1)N(C)C. The maximum atomic E-state index is 11.4. The molecule has 2 rings (SSSR count). The molecule has 0 radical (unpaired) electrons. The summed E-state index contributed by atoms with van der Waals surface area (Å²) in [5.41, 5.74) is 1.11. The van der Waals surface area contributed by atoms with Crippen LogP contribution in [-0.4, -0.2) is 29.8 Å². The van der Waals surface area contributed by atoms with Gasteiger partial charge in [-0.2, -0.15) is 0 Å². The summed E-state index contributed by atoms with van der Waals surface area (Å²) in [4.78, 5) is 17.4. The average molecular weight is 284 g/mol. The molecular formula is C17H20N2O2. The Kier molecular flexibility index (Phi) is 5.06. The van der Waals surface area contributed by atoms with Crippen molar-refractivity contribution < 1.29 is 9.53 Å². The van der Waals surface area contributed by atoms with Crippen LogP contribution in [0, 0.1) is 0 Å². The minimum atomic E-state index is 0.0925. The van der Waals surface area contributed by atoms with Crippen LogP contribution in [0.1, 0.15) is 24.9 Å². The molecule has 2 aromatic rings. The van der Waals surface area contributed by atoms with E-state index in [-0.39, 0.29) is 11.8 Å². The van der Waals surface area contributed by atoms with Gasteiger partial charge < -0.3 is 9.64 Å². The molecule has 1 atom stereocenters. The largest absolute Gasteiger partial charge is 0.456 e. The van der Waals surface area contributed by atoms with Crippen molar-refractivity contribution in [2.24, 2.45) is 0 Å². The summed E-state index contributed by atoms with van der Waals surface area (Å²) in [6, 6.07) is 11.6. The van der Waals surface area contributed by atoms with Crippen LogP contribution in [-0.2, 0) is 4.79 Å². The van der Waals surface area contributed by atoms with Crippen LogP contribution >= 0.6 is 0 Å². The van der Waals surface area contributed by atoms with Crippen LogP contribution in [0.4, 0.5) is 0 Å². The number of benzene rings is 1. The monoisotopic (exact) mass is 284 g/mol. The smallest absolute Gasteiger partial charge is 0.145 e. The molecule has 0 spiro atoms. The van der Waals surface area contributed by atoms with Crippen molar-refractivity contribution in [1.29, 1.82) is 0 Å². The Hall–Kier alpha value is -2.20. The van der Waals surface area contributed by atoms with Crippen molar-refractivity contribution in [3.63, 3.8) is 0 Å². The lowest BCUT2D eigenvalue weighted by Gasteiger charge is -2.23. The molecule has 1 heterocycles. The molecule has 110 valence electrons. The van der Waals surface area contributed by atoms with Crippen LogP contribution in [0.25, 0.3) is 0 Å². The highest BCUT2D eigenvalue weighted by atomic mass is 16.5. The molecule has 0 saturated heterocycles. The van der Waals surface area contributed by atoms with E-state index in [4.69, 9.17) is 4.74 Å². The molecule has 0 aliphatic rings. The predicted octanol–water partition coefficient (Wildman–Crippen LogP) is 3.46. The molecule has 0 N–H and O–H groups in total. The molecule has 0 aliphatic heterocycles. The van der Waals surface area contributed by atoms with Crippen molar-refractivity contribution in [2.45, 2.75) is 19.4 Å². The number of carbonyl (C=O) groups is 1. The number of carbonyl (C=O) groups excluding carboxylic acids is 1. The van der Waals surface area contributed by atoms with Gasteiger partial charge in [-0.3, -0.25) is 9.78 Å². The van der Waals surface area contributed by atoms with Crippen molar-refractivity contribution in [3.05, 3.63) is 54.4 Å². The van der Waals surface area contributed by atoms with Gasteiger partial charge in [0.05, 0.1) is 6.20 Å². The standard InChI is InChI=1S/C17H20N2O2/c1-13(20)11-17(19(2)3)14-6-8-15(9-7-14)21-16-5-4-10-18-12-16/h4-10,12,17H,11H2,1-3H3. The zero-order valence-electron chi connectivity index (χ0n) is 12.6. The molecule has 4 nitrogen and oxygen atoms in total. The average Bonchev–Trinajstić information content (AvgIpc) is 2.46. The topological polar surface area (TPSA) is 42.4 Å². The number of aromatic nitrogens is 1. The maximum Gasteiger partial charge on any atom is 0.145 e. The van der Waals surface area contributed by atoms with E-state index in [2.05, 4.69) is 9.88 Å². The van der Waals surface area contributed by atoms with Gasteiger partial charge in [0.2, 0.25) is 0 Å². The number of hydrogen-bond acceptors (Lipinski definition) is 4. The second kappa shape index (κ2) is 6.99. The molecule has 0 amide bonds. The van der Waals surface area contributed by atoms with Gasteiger partial charge in [0, 0.05) is 18.7 Å². The first-order valence-electron chi connectivity index (χ1n) is 6.90. The fourth-order valence-corrected chi connectivity index (χ4v) is 2.17. The first-order chi connectivity index (χ1) is 10.1. The molecule has 1 aromatic heterocycles. The zero-order chi connectivity index (χ0) is 15.2. The molecule has 1 unspecified atom stereocenters. The Labute approximate surface area is 125 Å². The molecule has 1 aromatic carbocycles. The van der Waals surface area contributed by atoms with E-state index in [1.807, 2.05) is 50.5 Å². The summed E-state index contributed by atoms with van der Waals surface area (Å²) < 4.78 is 5.71.